The average Bonchev–Trinajstić information content (AvgIpc) is 2.67. The van der Waals surface area contributed by atoms with E-state index in [1.165, 1.54) is 17.3 Å². The van der Waals surface area contributed by atoms with Crippen molar-refractivity contribution in [3.8, 4) is 0 Å². The first-order valence-electron chi connectivity index (χ1n) is 5.05. The Morgan fingerprint density at radius 1 is 1.38 bits per heavy atom. The van der Waals surface area contributed by atoms with Crippen LogP contribution in [0.25, 0.3) is 0 Å². The second kappa shape index (κ2) is 4.67. The molecule has 1 aromatic heterocycles. The van der Waals surface area contributed by atoms with Gasteiger partial charge in [0.1, 0.15) is 5.82 Å². The normalized spacial score (nSPS) is 10.7. The third-order valence-electron chi connectivity index (χ3n) is 2.21. The highest BCUT2D eigenvalue weighted by Gasteiger charge is 2.07. The molecule has 1 aromatic carbocycles. The maximum atomic E-state index is 5.72. The number of aromatic nitrogens is 3. The first kappa shape index (κ1) is 11.2. The van der Waals surface area contributed by atoms with Crippen molar-refractivity contribution >= 4 is 11.8 Å². The van der Waals surface area contributed by atoms with E-state index >= 15 is 0 Å². The molecule has 2 aromatic rings. The quantitative estimate of drug-likeness (QED) is 0.852. The lowest BCUT2D eigenvalue weighted by Gasteiger charge is -2.05. The molecule has 0 aliphatic carbocycles. The topological polar surface area (TPSA) is 67.6 Å². The van der Waals surface area contributed by atoms with Gasteiger partial charge in [-0.1, -0.05) is 17.7 Å². The predicted molar refractivity (Wildman–Crippen MR) is 64.3 cm³/mol. The van der Waals surface area contributed by atoms with Crippen LogP contribution in [-0.2, 0) is 6.54 Å². The van der Waals surface area contributed by atoms with Crippen molar-refractivity contribution < 1.29 is 0 Å². The maximum Gasteiger partial charge on any atom is 0.213 e. The van der Waals surface area contributed by atoms with Gasteiger partial charge in [-0.25, -0.2) is 4.98 Å². The Bertz CT molecular complexity index is 492. The number of rotatable bonds is 3. The highest BCUT2D eigenvalue weighted by Crippen LogP contribution is 2.28. The number of nitrogens with two attached hydrogens (primary N) is 1. The van der Waals surface area contributed by atoms with Crippen molar-refractivity contribution in [2.45, 2.75) is 30.4 Å². The molecule has 16 heavy (non-hydrogen) atoms. The zero-order valence-corrected chi connectivity index (χ0v) is 10.1. The van der Waals surface area contributed by atoms with Gasteiger partial charge < -0.3 is 5.73 Å². The second-order valence-corrected chi connectivity index (χ2v) is 4.63. The zero-order valence-electron chi connectivity index (χ0n) is 9.32. The van der Waals surface area contributed by atoms with E-state index in [1.807, 2.05) is 6.92 Å². The first-order valence-corrected chi connectivity index (χ1v) is 5.87. The Hall–Kier alpha value is -1.33. The summed E-state index contributed by atoms with van der Waals surface area (Å²) in [4.78, 5) is 5.38. The van der Waals surface area contributed by atoms with Crippen LogP contribution in [0.15, 0.2) is 28.3 Å². The molecule has 0 spiro atoms. The molecule has 3 N–H and O–H groups in total. The van der Waals surface area contributed by atoms with Crippen LogP contribution in [-0.4, -0.2) is 15.2 Å². The van der Waals surface area contributed by atoms with E-state index in [0.717, 1.165) is 21.4 Å². The summed E-state index contributed by atoms with van der Waals surface area (Å²) in [7, 11) is 0. The average molecular weight is 234 g/mol. The molecular formula is C11H14N4S. The van der Waals surface area contributed by atoms with Gasteiger partial charge >= 0.3 is 0 Å². The second-order valence-electron chi connectivity index (χ2n) is 3.62. The number of aryl methyl sites for hydroxylation is 2. The lowest BCUT2D eigenvalue weighted by atomic mass is 10.1. The molecule has 0 radical (unpaired) electrons. The van der Waals surface area contributed by atoms with Gasteiger partial charge in [-0.3, -0.25) is 5.10 Å². The molecule has 2 rings (SSSR count). The minimum Gasteiger partial charge on any atom is -0.326 e. The van der Waals surface area contributed by atoms with Gasteiger partial charge in [0.2, 0.25) is 5.16 Å². The van der Waals surface area contributed by atoms with E-state index in [9.17, 15) is 0 Å². The Labute approximate surface area is 98.7 Å². The van der Waals surface area contributed by atoms with E-state index in [2.05, 4.69) is 40.3 Å². The Morgan fingerprint density at radius 3 is 2.81 bits per heavy atom. The summed E-state index contributed by atoms with van der Waals surface area (Å²) in [6, 6.07) is 6.23. The molecule has 0 aliphatic rings. The van der Waals surface area contributed by atoms with Crippen LogP contribution < -0.4 is 5.73 Å². The van der Waals surface area contributed by atoms with Crippen molar-refractivity contribution in [2.24, 2.45) is 5.73 Å². The number of benzene rings is 1. The summed E-state index contributed by atoms with van der Waals surface area (Å²) in [6.07, 6.45) is 0. The maximum absolute atomic E-state index is 5.72. The van der Waals surface area contributed by atoms with Gasteiger partial charge in [0.15, 0.2) is 0 Å². The van der Waals surface area contributed by atoms with Gasteiger partial charge in [-0.2, -0.15) is 0 Å². The monoisotopic (exact) mass is 234 g/mol. The molecule has 0 unspecified atom stereocenters. The summed E-state index contributed by atoms with van der Waals surface area (Å²) in [5.41, 5.74) is 8.07. The summed E-state index contributed by atoms with van der Waals surface area (Å²) < 4.78 is 0. The molecule has 0 fully saturated rings. The smallest absolute Gasteiger partial charge is 0.213 e. The fourth-order valence-electron chi connectivity index (χ4n) is 1.43. The number of H-pyrrole nitrogens is 1. The van der Waals surface area contributed by atoms with Gasteiger partial charge in [-0.15, -0.1) is 5.10 Å². The lowest BCUT2D eigenvalue weighted by Crippen LogP contribution is -1.98. The van der Waals surface area contributed by atoms with Crippen molar-refractivity contribution in [3.05, 3.63) is 35.2 Å². The molecule has 4 nitrogen and oxygen atoms in total. The van der Waals surface area contributed by atoms with Crippen LogP contribution in [0.2, 0.25) is 0 Å². The highest BCUT2D eigenvalue weighted by atomic mass is 32.2. The largest absolute Gasteiger partial charge is 0.326 e. The number of nitrogens with one attached hydrogen (secondary N) is 1. The van der Waals surface area contributed by atoms with Crippen LogP contribution in [0.1, 0.15) is 17.0 Å². The van der Waals surface area contributed by atoms with Gasteiger partial charge in [0.05, 0.1) is 0 Å². The van der Waals surface area contributed by atoms with Gasteiger partial charge in [0.25, 0.3) is 0 Å². The van der Waals surface area contributed by atoms with E-state index < -0.39 is 0 Å². The molecule has 84 valence electrons. The molecule has 0 amide bonds. The van der Waals surface area contributed by atoms with Gasteiger partial charge in [0, 0.05) is 11.4 Å². The Kier molecular flexibility index (Phi) is 3.26. The molecule has 0 bridgehead atoms. The fourth-order valence-corrected chi connectivity index (χ4v) is 2.31. The number of nitrogens with zero attached hydrogens (tertiary/aromatic N) is 2. The molecule has 0 saturated carbocycles. The van der Waals surface area contributed by atoms with E-state index in [4.69, 9.17) is 5.73 Å². The predicted octanol–water partition coefficient (Wildman–Crippen LogP) is 2.03. The molecule has 1 heterocycles. The standard InChI is InChI=1S/C11H14N4S/c1-7-3-4-10(9(5-7)6-12)16-11-13-8(2)14-15-11/h3-5H,6,12H2,1-2H3,(H,13,14,15). The number of hydrogen-bond donors (Lipinski definition) is 2. The minimum atomic E-state index is 0.535. The van der Waals surface area contributed by atoms with Crippen LogP contribution in [0, 0.1) is 13.8 Å². The minimum absolute atomic E-state index is 0.535. The lowest BCUT2D eigenvalue weighted by molar-refractivity contribution is 0.963. The molecule has 5 heteroatoms. The summed E-state index contributed by atoms with van der Waals surface area (Å²) >= 11 is 1.53. The molecule has 0 atom stereocenters. The molecular weight excluding hydrogens is 220 g/mol. The zero-order chi connectivity index (χ0) is 11.5. The summed E-state index contributed by atoms with van der Waals surface area (Å²) in [5, 5.41) is 7.65. The van der Waals surface area contributed by atoms with Crippen LogP contribution >= 0.6 is 11.8 Å². The number of aromatic amines is 1. The highest BCUT2D eigenvalue weighted by molar-refractivity contribution is 7.99. The van der Waals surface area contributed by atoms with E-state index in [0.29, 0.717) is 6.54 Å². The summed E-state index contributed by atoms with van der Waals surface area (Å²) in [6.45, 7) is 4.48. The van der Waals surface area contributed by atoms with E-state index in [1.54, 1.807) is 0 Å². The van der Waals surface area contributed by atoms with Crippen molar-refractivity contribution in [3.63, 3.8) is 0 Å². The van der Waals surface area contributed by atoms with Gasteiger partial charge in [-0.05, 0) is 37.2 Å². The van der Waals surface area contributed by atoms with E-state index in [-0.39, 0.29) is 0 Å². The molecule has 0 saturated heterocycles. The Morgan fingerprint density at radius 2 is 2.19 bits per heavy atom. The third-order valence-corrected chi connectivity index (χ3v) is 3.20. The van der Waals surface area contributed by atoms with Crippen molar-refractivity contribution in [1.82, 2.24) is 15.2 Å². The third kappa shape index (κ3) is 2.43. The van der Waals surface area contributed by atoms with Crippen LogP contribution in [0.5, 0.6) is 0 Å². The Balaban J connectivity index is 2.27. The van der Waals surface area contributed by atoms with Crippen molar-refractivity contribution in [2.75, 3.05) is 0 Å². The van der Waals surface area contributed by atoms with Crippen LogP contribution in [0.3, 0.4) is 0 Å². The number of hydrogen-bond acceptors (Lipinski definition) is 4. The molecule has 0 aliphatic heterocycles. The van der Waals surface area contributed by atoms with Crippen molar-refractivity contribution in [1.29, 1.82) is 0 Å². The SMILES string of the molecule is Cc1ccc(Sc2n[nH]c(C)n2)c(CN)c1. The first-order chi connectivity index (χ1) is 7.69. The van der Waals surface area contributed by atoms with Crippen LogP contribution in [0.4, 0.5) is 0 Å². The fraction of sp³-hybridized carbons (Fsp3) is 0.273. The summed E-state index contributed by atoms with van der Waals surface area (Å²) in [5.74, 6) is 0.823.